The summed E-state index contributed by atoms with van der Waals surface area (Å²) in [4.78, 5) is 23.6. The van der Waals surface area contributed by atoms with Crippen LogP contribution in [0, 0.1) is 11.8 Å². The first-order chi connectivity index (χ1) is 9.16. The number of hydrogen-bond donors (Lipinski definition) is 3. The number of rotatable bonds is 4. The van der Waals surface area contributed by atoms with Gasteiger partial charge in [-0.3, -0.25) is 9.59 Å². The normalized spacial score (nSPS) is 27.9. The first-order valence-electron chi connectivity index (χ1n) is 7.44. The van der Waals surface area contributed by atoms with Crippen molar-refractivity contribution in [2.75, 3.05) is 19.6 Å². The third kappa shape index (κ3) is 4.94. The van der Waals surface area contributed by atoms with Crippen LogP contribution in [0.4, 0.5) is 0 Å². The highest BCUT2D eigenvalue weighted by molar-refractivity contribution is 5.88. The summed E-state index contributed by atoms with van der Waals surface area (Å²) in [6, 6.07) is -0.321. The highest BCUT2D eigenvalue weighted by atomic mass is 35.5. The lowest BCUT2D eigenvalue weighted by molar-refractivity contribution is -0.130. The second-order valence-corrected chi connectivity index (χ2v) is 5.84. The predicted octanol–water partition coefficient (Wildman–Crippen LogP) is 0.829. The van der Waals surface area contributed by atoms with Crippen molar-refractivity contribution < 1.29 is 9.59 Å². The molecule has 0 aromatic heterocycles. The number of carbonyl (C=O) groups is 2. The largest absolute Gasteiger partial charge is 0.354 e. The Kier molecular flexibility index (Phi) is 7.30. The molecule has 3 atom stereocenters. The molecule has 0 radical (unpaired) electrons. The van der Waals surface area contributed by atoms with Gasteiger partial charge in [0.1, 0.15) is 6.04 Å². The van der Waals surface area contributed by atoms with Crippen molar-refractivity contribution in [3.8, 4) is 0 Å². The Balaban J connectivity index is 0.00000200. The van der Waals surface area contributed by atoms with Crippen LogP contribution in [-0.2, 0) is 9.59 Å². The highest BCUT2D eigenvalue weighted by Crippen LogP contribution is 2.22. The quantitative estimate of drug-likeness (QED) is 0.720. The number of hydrogen-bond acceptors (Lipinski definition) is 3. The van der Waals surface area contributed by atoms with E-state index in [1.54, 1.807) is 0 Å². The first-order valence-corrected chi connectivity index (χ1v) is 7.44. The molecule has 5 nitrogen and oxygen atoms in total. The first kappa shape index (κ1) is 17.2. The molecule has 2 aliphatic rings. The highest BCUT2D eigenvalue weighted by Gasteiger charge is 2.26. The summed E-state index contributed by atoms with van der Waals surface area (Å²) < 4.78 is 0. The van der Waals surface area contributed by atoms with Gasteiger partial charge >= 0.3 is 0 Å². The van der Waals surface area contributed by atoms with Crippen LogP contribution < -0.4 is 16.0 Å². The number of halogens is 1. The average Bonchev–Trinajstić information content (AvgIpc) is 2.42. The lowest BCUT2D eigenvalue weighted by atomic mass is 9.85. The second kappa shape index (κ2) is 8.47. The van der Waals surface area contributed by atoms with E-state index < -0.39 is 0 Å². The Labute approximate surface area is 127 Å². The molecule has 20 heavy (non-hydrogen) atoms. The molecule has 0 aliphatic carbocycles. The summed E-state index contributed by atoms with van der Waals surface area (Å²) in [5.74, 6) is 0.936. The van der Waals surface area contributed by atoms with Crippen molar-refractivity contribution in [3.63, 3.8) is 0 Å². The predicted molar refractivity (Wildman–Crippen MR) is 80.8 cm³/mol. The van der Waals surface area contributed by atoms with Crippen molar-refractivity contribution in [1.29, 1.82) is 0 Å². The Morgan fingerprint density at radius 2 is 2.10 bits per heavy atom. The molecule has 3 N–H and O–H groups in total. The summed E-state index contributed by atoms with van der Waals surface area (Å²) in [5, 5.41) is 9.04. The zero-order valence-electron chi connectivity index (χ0n) is 12.1. The van der Waals surface area contributed by atoms with Gasteiger partial charge in [-0.1, -0.05) is 6.92 Å². The molecule has 3 unspecified atom stereocenters. The summed E-state index contributed by atoms with van der Waals surface area (Å²) in [7, 11) is 0. The van der Waals surface area contributed by atoms with Gasteiger partial charge in [0.25, 0.3) is 0 Å². The third-order valence-electron chi connectivity index (χ3n) is 4.27. The van der Waals surface area contributed by atoms with E-state index in [-0.39, 0.29) is 30.3 Å². The van der Waals surface area contributed by atoms with E-state index in [2.05, 4.69) is 22.9 Å². The summed E-state index contributed by atoms with van der Waals surface area (Å²) in [6.07, 6.45) is 4.62. The maximum atomic E-state index is 12.0. The van der Waals surface area contributed by atoms with Crippen LogP contribution in [0.15, 0.2) is 0 Å². The van der Waals surface area contributed by atoms with E-state index in [1.165, 1.54) is 12.8 Å². The fraction of sp³-hybridized carbons (Fsp3) is 0.857. The minimum Gasteiger partial charge on any atom is -0.354 e. The van der Waals surface area contributed by atoms with Crippen molar-refractivity contribution in [2.45, 2.75) is 45.1 Å². The zero-order valence-corrected chi connectivity index (χ0v) is 12.9. The van der Waals surface area contributed by atoms with Crippen LogP contribution in [0.25, 0.3) is 0 Å². The van der Waals surface area contributed by atoms with Gasteiger partial charge in [-0.15, -0.1) is 12.4 Å². The number of nitrogens with one attached hydrogen (secondary N) is 3. The van der Waals surface area contributed by atoms with E-state index >= 15 is 0 Å². The maximum absolute atomic E-state index is 12.0. The topological polar surface area (TPSA) is 70.2 Å². The fourth-order valence-corrected chi connectivity index (χ4v) is 2.99. The molecule has 2 saturated heterocycles. The summed E-state index contributed by atoms with van der Waals surface area (Å²) in [6.45, 7) is 4.98. The van der Waals surface area contributed by atoms with Crippen molar-refractivity contribution in [3.05, 3.63) is 0 Å². The van der Waals surface area contributed by atoms with E-state index in [0.717, 1.165) is 32.5 Å². The number of amides is 2. The van der Waals surface area contributed by atoms with Crippen molar-refractivity contribution >= 4 is 24.2 Å². The standard InChI is InChI=1S/C14H25N3O2.ClH/c1-10(11-4-2-6-15-9-11)8-13(18)17-12-5-3-7-16-14(12)19;/h10-12,15H,2-9H2,1H3,(H,16,19)(H,17,18);1H. The molecule has 116 valence electrons. The van der Waals surface area contributed by atoms with Gasteiger partial charge in [0.15, 0.2) is 0 Å². The molecule has 2 heterocycles. The molecule has 0 saturated carbocycles. The van der Waals surface area contributed by atoms with Crippen LogP contribution >= 0.6 is 12.4 Å². The molecule has 2 aliphatic heterocycles. The Hall–Kier alpha value is -0.810. The molecule has 0 spiro atoms. The van der Waals surface area contributed by atoms with Crippen molar-refractivity contribution in [2.24, 2.45) is 11.8 Å². The Morgan fingerprint density at radius 3 is 2.75 bits per heavy atom. The minimum atomic E-state index is -0.321. The van der Waals surface area contributed by atoms with E-state index in [9.17, 15) is 9.59 Å². The van der Waals surface area contributed by atoms with Crippen LogP contribution in [0.3, 0.4) is 0 Å². The number of carbonyl (C=O) groups excluding carboxylic acids is 2. The molecule has 2 amide bonds. The number of piperidine rings is 2. The smallest absolute Gasteiger partial charge is 0.242 e. The van der Waals surface area contributed by atoms with Gasteiger partial charge in [-0.05, 0) is 50.6 Å². The Morgan fingerprint density at radius 1 is 1.35 bits per heavy atom. The summed E-state index contributed by atoms with van der Waals surface area (Å²) >= 11 is 0. The van der Waals surface area contributed by atoms with Crippen LogP contribution in [0.5, 0.6) is 0 Å². The lowest BCUT2D eigenvalue weighted by Crippen LogP contribution is -2.50. The maximum Gasteiger partial charge on any atom is 0.242 e. The van der Waals surface area contributed by atoms with Gasteiger partial charge in [-0.2, -0.15) is 0 Å². The van der Waals surface area contributed by atoms with Crippen molar-refractivity contribution in [1.82, 2.24) is 16.0 Å². The van der Waals surface area contributed by atoms with Gasteiger partial charge < -0.3 is 16.0 Å². The summed E-state index contributed by atoms with van der Waals surface area (Å²) in [5.41, 5.74) is 0. The molecule has 2 rings (SSSR count). The van der Waals surface area contributed by atoms with E-state index in [1.807, 2.05) is 0 Å². The fourth-order valence-electron chi connectivity index (χ4n) is 2.99. The molecule has 2 fully saturated rings. The van der Waals surface area contributed by atoms with Gasteiger partial charge in [0.2, 0.25) is 11.8 Å². The average molecular weight is 304 g/mol. The second-order valence-electron chi connectivity index (χ2n) is 5.84. The SMILES string of the molecule is CC(CC(=O)NC1CCCNC1=O)C1CCCNC1.Cl. The zero-order chi connectivity index (χ0) is 13.7. The van der Waals surface area contributed by atoms with Crippen LogP contribution in [-0.4, -0.2) is 37.5 Å². The molecular formula is C14H26ClN3O2. The van der Waals surface area contributed by atoms with E-state index in [0.29, 0.717) is 18.3 Å². The van der Waals surface area contributed by atoms with Gasteiger partial charge in [0, 0.05) is 13.0 Å². The monoisotopic (exact) mass is 303 g/mol. The Bertz CT molecular complexity index is 332. The molecule has 0 bridgehead atoms. The van der Waals surface area contributed by atoms with E-state index in [4.69, 9.17) is 0 Å². The van der Waals surface area contributed by atoms with Crippen LogP contribution in [0.2, 0.25) is 0 Å². The molecule has 6 heteroatoms. The minimum absolute atomic E-state index is 0. The molecular weight excluding hydrogens is 278 g/mol. The third-order valence-corrected chi connectivity index (χ3v) is 4.27. The van der Waals surface area contributed by atoms with Crippen LogP contribution in [0.1, 0.15) is 39.0 Å². The van der Waals surface area contributed by atoms with Gasteiger partial charge in [-0.25, -0.2) is 0 Å². The molecule has 0 aromatic carbocycles. The lowest BCUT2D eigenvalue weighted by Gasteiger charge is -2.29. The molecule has 0 aromatic rings. The van der Waals surface area contributed by atoms with Gasteiger partial charge in [0.05, 0.1) is 0 Å².